The van der Waals surface area contributed by atoms with Gasteiger partial charge in [-0.15, -0.1) is 0 Å². The maximum atomic E-state index is 6.02. The van der Waals surface area contributed by atoms with Gasteiger partial charge in [0.2, 0.25) is 0 Å². The summed E-state index contributed by atoms with van der Waals surface area (Å²) in [6.07, 6.45) is 11.8. The molecule has 0 unspecified atom stereocenters. The first-order valence-electron chi connectivity index (χ1n) is 8.44. The summed E-state index contributed by atoms with van der Waals surface area (Å²) >= 11 is 0. The molecule has 5 heteroatoms. The maximum absolute atomic E-state index is 6.02. The van der Waals surface area contributed by atoms with Crippen molar-refractivity contribution in [1.82, 2.24) is 20.1 Å². The zero-order chi connectivity index (χ0) is 14.7. The Morgan fingerprint density at radius 1 is 1.38 bits per heavy atom. The lowest BCUT2D eigenvalue weighted by atomic mass is 9.55. The molecule has 0 bridgehead atoms. The third kappa shape index (κ3) is 2.99. The lowest BCUT2D eigenvalue weighted by molar-refractivity contribution is -0.152. The van der Waals surface area contributed by atoms with Gasteiger partial charge in [0.05, 0.1) is 12.6 Å². The maximum Gasteiger partial charge on any atom is 0.137 e. The van der Waals surface area contributed by atoms with Gasteiger partial charge in [0.15, 0.2) is 0 Å². The summed E-state index contributed by atoms with van der Waals surface area (Å²) in [6, 6.07) is 1.02. The average Bonchev–Trinajstić information content (AvgIpc) is 3.00. The van der Waals surface area contributed by atoms with Crippen LogP contribution in [0.25, 0.3) is 0 Å². The predicted octanol–water partition coefficient (Wildman–Crippen LogP) is 2.38. The molecule has 1 N–H and O–H groups in total. The molecule has 118 valence electrons. The molecule has 1 aromatic rings. The molecule has 2 aliphatic carbocycles. The van der Waals surface area contributed by atoms with Crippen LogP contribution in [0.15, 0.2) is 12.7 Å². The molecule has 0 aliphatic heterocycles. The molecule has 3 rings (SSSR count). The fourth-order valence-electron chi connectivity index (χ4n) is 4.30. The van der Waals surface area contributed by atoms with Gasteiger partial charge in [-0.1, -0.05) is 19.3 Å². The van der Waals surface area contributed by atoms with Gasteiger partial charge in [-0.2, -0.15) is 5.10 Å². The van der Waals surface area contributed by atoms with Crippen molar-refractivity contribution in [2.45, 2.75) is 77.1 Å². The SMILES string of the molecule is CCO[C@@H]1C[C@@H](N[C@@H](C)Cn2cncn2)C12CCCCC2. The van der Waals surface area contributed by atoms with Gasteiger partial charge in [-0.05, 0) is 33.1 Å². The topological polar surface area (TPSA) is 52.0 Å². The Bertz CT molecular complexity index is 427. The van der Waals surface area contributed by atoms with Crippen LogP contribution >= 0.6 is 0 Å². The Morgan fingerprint density at radius 3 is 2.86 bits per heavy atom. The smallest absolute Gasteiger partial charge is 0.137 e. The van der Waals surface area contributed by atoms with Crippen LogP contribution in [0.5, 0.6) is 0 Å². The third-order valence-corrected chi connectivity index (χ3v) is 5.35. The Hall–Kier alpha value is -0.940. The van der Waals surface area contributed by atoms with Crippen LogP contribution in [0.1, 0.15) is 52.4 Å². The van der Waals surface area contributed by atoms with Gasteiger partial charge in [-0.3, -0.25) is 4.68 Å². The van der Waals surface area contributed by atoms with Gasteiger partial charge in [0.25, 0.3) is 0 Å². The van der Waals surface area contributed by atoms with Gasteiger partial charge < -0.3 is 10.1 Å². The summed E-state index contributed by atoms with van der Waals surface area (Å²) in [4.78, 5) is 4.01. The first kappa shape index (κ1) is 15.0. The first-order chi connectivity index (χ1) is 10.2. The third-order valence-electron chi connectivity index (χ3n) is 5.35. The second kappa shape index (κ2) is 6.44. The van der Waals surface area contributed by atoms with Gasteiger partial charge >= 0.3 is 0 Å². The van der Waals surface area contributed by atoms with E-state index in [4.69, 9.17) is 4.74 Å². The molecule has 1 aromatic heterocycles. The lowest BCUT2D eigenvalue weighted by Gasteiger charge is -2.58. The van der Waals surface area contributed by atoms with E-state index in [0.717, 1.165) is 19.6 Å². The standard InChI is InChI=1S/C16H28N4O/c1-3-21-15-9-14(16(15)7-5-4-6-8-16)19-13(2)10-20-12-17-11-18-20/h11-15,19H,3-10H2,1-2H3/t13-,14+,15+/m0/s1. The molecule has 21 heavy (non-hydrogen) atoms. The summed E-state index contributed by atoms with van der Waals surface area (Å²) in [7, 11) is 0. The highest BCUT2D eigenvalue weighted by molar-refractivity contribution is 5.09. The zero-order valence-corrected chi connectivity index (χ0v) is 13.3. The predicted molar refractivity (Wildman–Crippen MR) is 82.0 cm³/mol. The molecule has 1 spiro atoms. The minimum absolute atomic E-state index is 0.394. The molecule has 0 aromatic carbocycles. The van der Waals surface area contributed by atoms with E-state index in [-0.39, 0.29) is 0 Å². The van der Waals surface area contributed by atoms with E-state index in [1.165, 1.54) is 32.1 Å². The van der Waals surface area contributed by atoms with Crippen LogP contribution in [-0.2, 0) is 11.3 Å². The number of hydrogen-bond donors (Lipinski definition) is 1. The highest BCUT2D eigenvalue weighted by Crippen LogP contribution is 2.53. The average molecular weight is 292 g/mol. The monoisotopic (exact) mass is 292 g/mol. The van der Waals surface area contributed by atoms with Gasteiger partial charge in [0.1, 0.15) is 12.7 Å². The van der Waals surface area contributed by atoms with E-state index in [1.807, 2.05) is 4.68 Å². The first-order valence-corrected chi connectivity index (χ1v) is 8.44. The second-order valence-corrected chi connectivity index (χ2v) is 6.71. The van der Waals surface area contributed by atoms with Gasteiger partial charge in [-0.25, -0.2) is 4.98 Å². The van der Waals surface area contributed by atoms with E-state index < -0.39 is 0 Å². The fourth-order valence-corrected chi connectivity index (χ4v) is 4.30. The van der Waals surface area contributed by atoms with E-state index in [9.17, 15) is 0 Å². The van der Waals surface area contributed by atoms with Crippen molar-refractivity contribution < 1.29 is 4.74 Å². The summed E-state index contributed by atoms with van der Waals surface area (Å²) in [5.74, 6) is 0. The van der Waals surface area contributed by atoms with Crippen LogP contribution in [0.2, 0.25) is 0 Å². The summed E-state index contributed by atoms with van der Waals surface area (Å²) < 4.78 is 7.93. The van der Waals surface area contributed by atoms with Crippen LogP contribution in [0.3, 0.4) is 0 Å². The van der Waals surface area contributed by atoms with Crippen LogP contribution in [0, 0.1) is 5.41 Å². The van der Waals surface area contributed by atoms with Crippen molar-refractivity contribution in [1.29, 1.82) is 0 Å². The zero-order valence-electron chi connectivity index (χ0n) is 13.3. The highest BCUT2D eigenvalue weighted by atomic mass is 16.5. The number of hydrogen-bond acceptors (Lipinski definition) is 4. The van der Waals surface area contributed by atoms with Crippen LogP contribution < -0.4 is 5.32 Å². The van der Waals surface area contributed by atoms with Crippen molar-refractivity contribution in [2.75, 3.05) is 6.61 Å². The molecule has 3 atom stereocenters. The quantitative estimate of drug-likeness (QED) is 0.874. The number of aromatic nitrogens is 3. The van der Waals surface area contributed by atoms with E-state index in [1.54, 1.807) is 12.7 Å². The van der Waals surface area contributed by atoms with Crippen LogP contribution in [-0.4, -0.2) is 39.6 Å². The summed E-state index contributed by atoms with van der Waals surface area (Å²) in [5.41, 5.74) is 0.394. The number of ether oxygens (including phenoxy) is 1. The van der Waals surface area contributed by atoms with E-state index >= 15 is 0 Å². The summed E-state index contributed by atoms with van der Waals surface area (Å²) in [6.45, 7) is 6.08. The Kier molecular flexibility index (Phi) is 4.60. The molecule has 2 aliphatic rings. The Balaban J connectivity index is 1.59. The molecule has 0 saturated heterocycles. The molecule has 0 radical (unpaired) electrons. The van der Waals surface area contributed by atoms with Crippen molar-refractivity contribution in [3.63, 3.8) is 0 Å². The minimum Gasteiger partial charge on any atom is -0.378 e. The molecule has 5 nitrogen and oxygen atoms in total. The lowest BCUT2D eigenvalue weighted by Crippen LogP contribution is -2.66. The molecule has 2 saturated carbocycles. The largest absolute Gasteiger partial charge is 0.378 e. The molecule has 1 heterocycles. The Labute approximate surface area is 127 Å². The number of nitrogens with one attached hydrogen (secondary N) is 1. The molecular formula is C16H28N4O. The molecule has 2 fully saturated rings. The fraction of sp³-hybridized carbons (Fsp3) is 0.875. The molecular weight excluding hydrogens is 264 g/mol. The van der Waals surface area contributed by atoms with Crippen molar-refractivity contribution in [3.05, 3.63) is 12.7 Å². The van der Waals surface area contributed by atoms with E-state index in [0.29, 0.717) is 23.6 Å². The molecule has 0 amide bonds. The normalized spacial score (nSPS) is 29.2. The summed E-state index contributed by atoms with van der Waals surface area (Å²) in [5, 5.41) is 8.03. The number of rotatable bonds is 6. The Morgan fingerprint density at radius 2 is 2.19 bits per heavy atom. The van der Waals surface area contributed by atoms with Gasteiger partial charge in [0, 0.05) is 24.1 Å². The van der Waals surface area contributed by atoms with Crippen molar-refractivity contribution in [3.8, 4) is 0 Å². The number of nitrogens with zero attached hydrogens (tertiary/aromatic N) is 3. The van der Waals surface area contributed by atoms with E-state index in [2.05, 4.69) is 29.2 Å². The van der Waals surface area contributed by atoms with Crippen molar-refractivity contribution in [2.24, 2.45) is 5.41 Å². The second-order valence-electron chi connectivity index (χ2n) is 6.71. The highest BCUT2D eigenvalue weighted by Gasteiger charge is 2.55. The van der Waals surface area contributed by atoms with Crippen LogP contribution in [0.4, 0.5) is 0 Å². The van der Waals surface area contributed by atoms with Crippen molar-refractivity contribution >= 4 is 0 Å². The minimum atomic E-state index is 0.394.